The Labute approximate surface area is 158 Å². The van der Waals surface area contributed by atoms with Crippen LogP contribution in [-0.4, -0.2) is 48.5 Å². The first kappa shape index (κ1) is 17.1. The van der Waals surface area contributed by atoms with Crippen molar-refractivity contribution in [3.8, 4) is 5.75 Å². The summed E-state index contributed by atoms with van der Waals surface area (Å²) >= 11 is 0. The Kier molecular flexibility index (Phi) is 5.00. The van der Waals surface area contributed by atoms with Crippen LogP contribution in [0.5, 0.6) is 5.75 Å². The molecule has 7 heteroatoms. The molecule has 2 aromatic carbocycles. The molecule has 1 saturated heterocycles. The third kappa shape index (κ3) is 3.92. The van der Waals surface area contributed by atoms with E-state index in [2.05, 4.69) is 54.6 Å². The van der Waals surface area contributed by atoms with Gasteiger partial charge in [-0.3, -0.25) is 0 Å². The van der Waals surface area contributed by atoms with Crippen LogP contribution in [0, 0.1) is 0 Å². The molecule has 0 saturated carbocycles. The molecule has 138 valence electrons. The van der Waals surface area contributed by atoms with Crippen LogP contribution in [-0.2, 0) is 0 Å². The van der Waals surface area contributed by atoms with Gasteiger partial charge < -0.3 is 19.9 Å². The monoisotopic (exact) mass is 362 g/mol. The minimum absolute atomic E-state index is 0.461. The number of nitrogens with one attached hydrogen (secondary N) is 1. The maximum absolute atomic E-state index is 5.36. The molecule has 27 heavy (non-hydrogen) atoms. The first-order chi connectivity index (χ1) is 13.3. The van der Waals surface area contributed by atoms with E-state index in [1.54, 1.807) is 13.3 Å². The normalized spacial score (nSPS) is 14.1. The van der Waals surface area contributed by atoms with E-state index in [4.69, 9.17) is 4.74 Å². The van der Waals surface area contributed by atoms with E-state index in [0.29, 0.717) is 5.95 Å². The van der Waals surface area contributed by atoms with Crippen molar-refractivity contribution in [1.82, 2.24) is 15.2 Å². The topological polar surface area (TPSA) is 66.4 Å². The van der Waals surface area contributed by atoms with E-state index in [-0.39, 0.29) is 0 Å². The molecule has 4 rings (SSSR count). The lowest BCUT2D eigenvalue weighted by Crippen LogP contribution is -2.46. The van der Waals surface area contributed by atoms with Crippen LogP contribution >= 0.6 is 0 Å². The van der Waals surface area contributed by atoms with Gasteiger partial charge in [-0.2, -0.15) is 10.1 Å². The molecule has 1 aliphatic rings. The smallest absolute Gasteiger partial charge is 0.249 e. The zero-order chi connectivity index (χ0) is 18.5. The summed E-state index contributed by atoms with van der Waals surface area (Å²) in [4.78, 5) is 9.26. The number of rotatable bonds is 5. The van der Waals surface area contributed by atoms with Crippen LogP contribution < -0.4 is 19.9 Å². The highest BCUT2D eigenvalue weighted by Gasteiger charge is 2.19. The lowest BCUT2D eigenvalue weighted by atomic mass is 10.2. The zero-order valence-electron chi connectivity index (χ0n) is 15.2. The molecule has 2 heterocycles. The molecular weight excluding hydrogens is 340 g/mol. The van der Waals surface area contributed by atoms with E-state index in [9.17, 15) is 0 Å². The molecule has 1 aliphatic heterocycles. The van der Waals surface area contributed by atoms with Crippen LogP contribution in [0.4, 0.5) is 23.1 Å². The second kappa shape index (κ2) is 7.90. The van der Waals surface area contributed by atoms with E-state index >= 15 is 0 Å². The van der Waals surface area contributed by atoms with Crippen LogP contribution in [0.15, 0.2) is 60.8 Å². The van der Waals surface area contributed by atoms with Gasteiger partial charge in [0.25, 0.3) is 0 Å². The number of piperazine rings is 1. The molecule has 1 fully saturated rings. The second-order valence-corrected chi connectivity index (χ2v) is 6.27. The molecular formula is C20H22N6O. The molecule has 0 bridgehead atoms. The zero-order valence-corrected chi connectivity index (χ0v) is 15.2. The second-order valence-electron chi connectivity index (χ2n) is 6.27. The van der Waals surface area contributed by atoms with Crippen molar-refractivity contribution < 1.29 is 4.74 Å². The van der Waals surface area contributed by atoms with Crippen molar-refractivity contribution in [2.45, 2.75) is 0 Å². The molecule has 0 radical (unpaired) electrons. The van der Waals surface area contributed by atoms with Crippen LogP contribution in [0.25, 0.3) is 0 Å². The van der Waals surface area contributed by atoms with Crippen LogP contribution in [0.3, 0.4) is 0 Å². The number of para-hydroxylation sites is 3. The average molecular weight is 362 g/mol. The quantitative estimate of drug-likeness (QED) is 0.748. The van der Waals surface area contributed by atoms with Gasteiger partial charge in [0.1, 0.15) is 5.75 Å². The predicted molar refractivity (Wildman–Crippen MR) is 107 cm³/mol. The molecule has 0 atom stereocenters. The average Bonchev–Trinajstić information content (AvgIpc) is 2.75. The Morgan fingerprint density at radius 3 is 2.37 bits per heavy atom. The van der Waals surface area contributed by atoms with Gasteiger partial charge in [0, 0.05) is 31.9 Å². The van der Waals surface area contributed by atoms with Crippen LogP contribution in [0.1, 0.15) is 0 Å². The molecule has 1 aromatic heterocycles. The molecule has 0 aliphatic carbocycles. The maximum atomic E-state index is 5.36. The number of benzene rings is 2. The van der Waals surface area contributed by atoms with Gasteiger partial charge in [-0.15, -0.1) is 5.10 Å². The van der Waals surface area contributed by atoms with Crippen molar-refractivity contribution in [1.29, 1.82) is 0 Å². The van der Waals surface area contributed by atoms with E-state index in [0.717, 1.165) is 43.4 Å². The number of anilines is 4. The third-order valence-electron chi connectivity index (χ3n) is 4.62. The SMILES string of the molecule is COc1ccccc1Nc1nncc(N2CCN(c3ccccc3)CC2)n1. The highest BCUT2D eigenvalue weighted by molar-refractivity contribution is 5.62. The highest BCUT2D eigenvalue weighted by atomic mass is 16.5. The number of ether oxygens (including phenoxy) is 1. The van der Waals surface area contributed by atoms with Crippen molar-refractivity contribution in [3.63, 3.8) is 0 Å². The lowest BCUT2D eigenvalue weighted by Gasteiger charge is -2.36. The van der Waals surface area contributed by atoms with E-state index in [1.165, 1.54) is 5.69 Å². The summed E-state index contributed by atoms with van der Waals surface area (Å²) in [6.07, 6.45) is 1.71. The Balaban J connectivity index is 1.44. The van der Waals surface area contributed by atoms with Gasteiger partial charge in [0.2, 0.25) is 5.95 Å². The van der Waals surface area contributed by atoms with Crippen molar-refractivity contribution in [3.05, 3.63) is 60.8 Å². The predicted octanol–water partition coefficient (Wildman–Crippen LogP) is 2.95. The van der Waals surface area contributed by atoms with Crippen molar-refractivity contribution in [2.75, 3.05) is 48.4 Å². The first-order valence-corrected chi connectivity index (χ1v) is 8.98. The summed E-state index contributed by atoms with van der Waals surface area (Å²) in [6.45, 7) is 3.68. The Bertz CT molecular complexity index is 880. The Morgan fingerprint density at radius 1 is 0.889 bits per heavy atom. The van der Waals surface area contributed by atoms with Gasteiger partial charge in [0.05, 0.1) is 19.0 Å². The highest BCUT2D eigenvalue weighted by Crippen LogP contribution is 2.26. The maximum Gasteiger partial charge on any atom is 0.249 e. The van der Waals surface area contributed by atoms with Gasteiger partial charge in [0.15, 0.2) is 5.82 Å². The number of methoxy groups -OCH3 is 1. The van der Waals surface area contributed by atoms with Gasteiger partial charge >= 0.3 is 0 Å². The number of aromatic nitrogens is 3. The summed E-state index contributed by atoms with van der Waals surface area (Å²) in [5.74, 6) is 2.03. The van der Waals surface area contributed by atoms with Gasteiger partial charge in [-0.25, -0.2) is 0 Å². The largest absolute Gasteiger partial charge is 0.495 e. The molecule has 3 aromatic rings. The minimum Gasteiger partial charge on any atom is -0.495 e. The molecule has 1 N–H and O–H groups in total. The lowest BCUT2D eigenvalue weighted by molar-refractivity contribution is 0.417. The van der Waals surface area contributed by atoms with Gasteiger partial charge in [-0.1, -0.05) is 30.3 Å². The fourth-order valence-electron chi connectivity index (χ4n) is 3.20. The van der Waals surface area contributed by atoms with Gasteiger partial charge in [-0.05, 0) is 24.3 Å². The summed E-state index contributed by atoms with van der Waals surface area (Å²) in [7, 11) is 1.64. The number of hydrogen-bond donors (Lipinski definition) is 1. The summed E-state index contributed by atoms with van der Waals surface area (Å²) in [6, 6.07) is 18.2. The molecule has 0 unspecified atom stereocenters. The van der Waals surface area contributed by atoms with Crippen molar-refractivity contribution >= 4 is 23.1 Å². The third-order valence-corrected chi connectivity index (χ3v) is 4.62. The van der Waals surface area contributed by atoms with Crippen molar-refractivity contribution in [2.24, 2.45) is 0 Å². The molecule has 0 amide bonds. The van der Waals surface area contributed by atoms with E-state index < -0.39 is 0 Å². The summed E-state index contributed by atoms with van der Waals surface area (Å²) in [5.41, 5.74) is 2.07. The Hall–Kier alpha value is -3.35. The van der Waals surface area contributed by atoms with Crippen LogP contribution in [0.2, 0.25) is 0 Å². The first-order valence-electron chi connectivity index (χ1n) is 8.98. The molecule has 7 nitrogen and oxygen atoms in total. The minimum atomic E-state index is 0.461. The van der Waals surface area contributed by atoms with E-state index in [1.807, 2.05) is 30.3 Å². The Morgan fingerprint density at radius 2 is 1.59 bits per heavy atom. The fraction of sp³-hybridized carbons (Fsp3) is 0.250. The fourth-order valence-corrected chi connectivity index (χ4v) is 3.20. The standard InChI is InChI=1S/C20H22N6O/c1-27-18-10-6-5-9-17(18)22-20-23-19(15-21-24-20)26-13-11-25(12-14-26)16-7-3-2-4-8-16/h2-10,15H,11-14H2,1H3,(H,22,23,24). The molecule has 0 spiro atoms. The number of nitrogens with zero attached hydrogens (tertiary/aromatic N) is 5. The summed E-state index contributed by atoms with van der Waals surface area (Å²) in [5, 5.41) is 11.4. The summed E-state index contributed by atoms with van der Waals surface area (Å²) < 4.78 is 5.36. The number of hydrogen-bond acceptors (Lipinski definition) is 7.